The Morgan fingerprint density at radius 2 is 2.05 bits per heavy atom. The van der Waals surface area contributed by atoms with Gasteiger partial charge in [-0.25, -0.2) is 0 Å². The van der Waals surface area contributed by atoms with Gasteiger partial charge < -0.3 is 9.72 Å². The number of rotatable bonds is 3. The van der Waals surface area contributed by atoms with Crippen LogP contribution in [0.3, 0.4) is 0 Å². The number of fused-ring (bicyclic) bond motifs is 1. The van der Waals surface area contributed by atoms with Gasteiger partial charge in [-0.15, -0.1) is 0 Å². The van der Waals surface area contributed by atoms with Crippen molar-refractivity contribution in [3.63, 3.8) is 0 Å². The van der Waals surface area contributed by atoms with Crippen LogP contribution in [0.1, 0.15) is 43.7 Å². The predicted molar refractivity (Wildman–Crippen MR) is 75.6 cm³/mol. The molecule has 2 rings (SSSR count). The highest BCUT2D eigenvalue weighted by atomic mass is 16.6. The summed E-state index contributed by atoms with van der Waals surface area (Å²) >= 11 is 0. The molecule has 0 saturated carbocycles. The lowest BCUT2D eigenvalue weighted by Crippen LogP contribution is -2.25. The van der Waals surface area contributed by atoms with E-state index < -0.39 is 5.60 Å². The average Bonchev–Trinajstić information content (AvgIpc) is 2.63. The number of H-pyrrole nitrogens is 1. The molecule has 0 aliphatic heterocycles. The van der Waals surface area contributed by atoms with Gasteiger partial charge in [0.2, 0.25) is 0 Å². The summed E-state index contributed by atoms with van der Waals surface area (Å²) in [5, 5.41) is 0.783. The summed E-state index contributed by atoms with van der Waals surface area (Å²) < 4.78 is 5.29. The predicted octanol–water partition coefficient (Wildman–Crippen LogP) is 2.65. The molecule has 0 spiro atoms. The van der Waals surface area contributed by atoms with Crippen LogP contribution in [0.2, 0.25) is 0 Å². The third-order valence-corrected chi connectivity index (χ3v) is 2.77. The first-order valence-corrected chi connectivity index (χ1v) is 6.45. The number of carbonyl (C=O) groups excluding carboxylic acids is 2. The molecular formula is C15H18N2O3. The van der Waals surface area contributed by atoms with E-state index in [0.717, 1.165) is 10.9 Å². The van der Waals surface area contributed by atoms with Crippen molar-refractivity contribution in [2.24, 2.45) is 0 Å². The molecule has 0 aliphatic rings. The number of aromatic nitrogens is 2. The Hall–Kier alpha value is -2.17. The van der Waals surface area contributed by atoms with E-state index in [1.165, 1.54) is 6.92 Å². The first-order valence-electron chi connectivity index (χ1n) is 6.45. The second-order valence-corrected chi connectivity index (χ2v) is 5.72. The third kappa shape index (κ3) is 3.04. The van der Waals surface area contributed by atoms with Crippen LogP contribution in [-0.4, -0.2) is 27.3 Å². The molecule has 2 aromatic rings. The third-order valence-electron chi connectivity index (χ3n) is 2.77. The molecule has 1 N–H and O–H groups in total. The Morgan fingerprint density at radius 3 is 2.65 bits per heavy atom. The van der Waals surface area contributed by atoms with Crippen LogP contribution >= 0.6 is 0 Å². The fourth-order valence-corrected chi connectivity index (χ4v) is 2.16. The van der Waals surface area contributed by atoms with Crippen molar-refractivity contribution in [2.75, 3.05) is 0 Å². The van der Waals surface area contributed by atoms with Gasteiger partial charge in [0, 0.05) is 22.8 Å². The molecule has 0 fully saturated rings. The molecule has 5 nitrogen and oxygen atoms in total. The molecule has 2 heterocycles. The summed E-state index contributed by atoms with van der Waals surface area (Å²) in [5.74, 6) is -0.444. The van der Waals surface area contributed by atoms with Gasteiger partial charge in [-0.05, 0) is 33.8 Å². The van der Waals surface area contributed by atoms with E-state index in [0.29, 0.717) is 11.3 Å². The highest BCUT2D eigenvalue weighted by Crippen LogP contribution is 2.23. The molecule has 0 aromatic carbocycles. The summed E-state index contributed by atoms with van der Waals surface area (Å²) in [4.78, 5) is 30.8. The summed E-state index contributed by atoms with van der Waals surface area (Å²) in [5.41, 5.74) is 1.32. The van der Waals surface area contributed by atoms with Crippen LogP contribution in [0.25, 0.3) is 10.9 Å². The average molecular weight is 274 g/mol. The second-order valence-electron chi connectivity index (χ2n) is 5.72. The van der Waals surface area contributed by atoms with Crippen molar-refractivity contribution in [3.8, 4) is 0 Å². The van der Waals surface area contributed by atoms with Gasteiger partial charge in [0.05, 0.1) is 18.1 Å². The topological polar surface area (TPSA) is 72.1 Å². The van der Waals surface area contributed by atoms with Crippen molar-refractivity contribution < 1.29 is 14.3 Å². The minimum absolute atomic E-state index is 0.0425. The zero-order valence-corrected chi connectivity index (χ0v) is 12.1. The van der Waals surface area contributed by atoms with E-state index in [1.54, 1.807) is 18.5 Å². The van der Waals surface area contributed by atoms with E-state index in [1.807, 2.05) is 20.8 Å². The summed E-state index contributed by atoms with van der Waals surface area (Å²) in [6.45, 7) is 6.92. The normalized spacial score (nSPS) is 11.6. The molecule has 20 heavy (non-hydrogen) atoms. The molecule has 106 valence electrons. The standard InChI is InChI=1S/C15H18N2O3/c1-9(18)14-10-5-6-16-8-12(10)17-11(14)7-13(19)20-15(2,3)4/h5-6,8,17H,7H2,1-4H3. The van der Waals surface area contributed by atoms with Crippen LogP contribution in [-0.2, 0) is 16.0 Å². The van der Waals surface area contributed by atoms with Crippen LogP contribution in [0, 0.1) is 0 Å². The number of nitrogens with one attached hydrogen (secondary N) is 1. The fraction of sp³-hybridized carbons (Fsp3) is 0.400. The Balaban J connectivity index is 2.37. The van der Waals surface area contributed by atoms with Gasteiger partial charge in [-0.1, -0.05) is 0 Å². The van der Waals surface area contributed by atoms with Crippen molar-refractivity contribution in [1.29, 1.82) is 0 Å². The molecule has 0 saturated heterocycles. The number of esters is 1. The molecule has 5 heteroatoms. The number of ketones is 1. The van der Waals surface area contributed by atoms with E-state index >= 15 is 0 Å². The van der Waals surface area contributed by atoms with Crippen LogP contribution in [0.15, 0.2) is 18.5 Å². The summed E-state index contributed by atoms with van der Waals surface area (Å²) in [7, 11) is 0. The number of carbonyl (C=O) groups is 2. The number of ether oxygens (including phenoxy) is 1. The highest BCUT2D eigenvalue weighted by molar-refractivity contribution is 6.08. The molecule has 0 unspecified atom stereocenters. The number of Topliss-reactive ketones (excluding diaryl/α,β-unsaturated/α-hetero) is 1. The zero-order chi connectivity index (χ0) is 14.9. The molecule has 0 atom stereocenters. The Labute approximate surface area is 117 Å². The lowest BCUT2D eigenvalue weighted by Gasteiger charge is -2.19. The zero-order valence-electron chi connectivity index (χ0n) is 12.1. The smallest absolute Gasteiger partial charge is 0.312 e. The maximum atomic E-state index is 11.9. The van der Waals surface area contributed by atoms with Crippen LogP contribution in [0.5, 0.6) is 0 Å². The van der Waals surface area contributed by atoms with Gasteiger partial charge >= 0.3 is 5.97 Å². The molecule has 0 amide bonds. The largest absolute Gasteiger partial charge is 0.460 e. The molecular weight excluding hydrogens is 256 g/mol. The van der Waals surface area contributed by atoms with E-state index in [2.05, 4.69) is 9.97 Å². The number of aromatic amines is 1. The highest BCUT2D eigenvalue weighted by Gasteiger charge is 2.21. The molecule has 0 aliphatic carbocycles. The van der Waals surface area contributed by atoms with Crippen LogP contribution < -0.4 is 0 Å². The van der Waals surface area contributed by atoms with E-state index in [-0.39, 0.29) is 18.2 Å². The number of pyridine rings is 1. The van der Waals surface area contributed by atoms with E-state index in [9.17, 15) is 9.59 Å². The maximum Gasteiger partial charge on any atom is 0.312 e. The first-order chi connectivity index (χ1) is 9.28. The molecule has 2 aromatic heterocycles. The maximum absolute atomic E-state index is 11.9. The van der Waals surface area contributed by atoms with Crippen molar-refractivity contribution >= 4 is 22.7 Å². The number of nitrogens with zero attached hydrogens (tertiary/aromatic N) is 1. The van der Waals surface area contributed by atoms with Gasteiger partial charge in [0.25, 0.3) is 0 Å². The Morgan fingerprint density at radius 1 is 1.35 bits per heavy atom. The van der Waals surface area contributed by atoms with Gasteiger partial charge in [-0.2, -0.15) is 0 Å². The minimum atomic E-state index is -0.541. The molecule has 0 radical (unpaired) electrons. The quantitative estimate of drug-likeness (QED) is 0.690. The minimum Gasteiger partial charge on any atom is -0.460 e. The first kappa shape index (κ1) is 14.2. The van der Waals surface area contributed by atoms with Crippen molar-refractivity contribution in [3.05, 3.63) is 29.7 Å². The Bertz CT molecular complexity index is 665. The van der Waals surface area contributed by atoms with Crippen LogP contribution in [0.4, 0.5) is 0 Å². The summed E-state index contributed by atoms with van der Waals surface area (Å²) in [6.07, 6.45) is 3.31. The van der Waals surface area contributed by atoms with Gasteiger partial charge in [-0.3, -0.25) is 14.6 Å². The number of hydrogen-bond acceptors (Lipinski definition) is 4. The van der Waals surface area contributed by atoms with Crippen molar-refractivity contribution in [2.45, 2.75) is 39.7 Å². The number of hydrogen-bond donors (Lipinski definition) is 1. The molecule has 0 bridgehead atoms. The fourth-order valence-electron chi connectivity index (χ4n) is 2.16. The lowest BCUT2D eigenvalue weighted by atomic mass is 10.1. The van der Waals surface area contributed by atoms with Gasteiger partial charge in [0.15, 0.2) is 5.78 Å². The van der Waals surface area contributed by atoms with Crippen molar-refractivity contribution in [1.82, 2.24) is 9.97 Å². The lowest BCUT2D eigenvalue weighted by molar-refractivity contribution is -0.153. The SMILES string of the molecule is CC(=O)c1c(CC(=O)OC(C)(C)C)[nH]c2cnccc12. The summed E-state index contributed by atoms with van der Waals surface area (Å²) in [6, 6.07) is 1.77. The Kier molecular flexibility index (Phi) is 3.61. The van der Waals surface area contributed by atoms with E-state index in [4.69, 9.17) is 4.74 Å². The second kappa shape index (κ2) is 5.07. The van der Waals surface area contributed by atoms with Gasteiger partial charge in [0.1, 0.15) is 5.60 Å². The monoisotopic (exact) mass is 274 g/mol.